The van der Waals surface area contributed by atoms with Crippen molar-refractivity contribution in [2.45, 2.75) is 19.4 Å². The predicted octanol–water partition coefficient (Wildman–Crippen LogP) is 5.53. The van der Waals surface area contributed by atoms with Gasteiger partial charge in [-0.3, -0.25) is 4.40 Å². The number of ether oxygens (including phenoxy) is 2. The second kappa shape index (κ2) is 11.5. The van der Waals surface area contributed by atoms with Gasteiger partial charge in [0.15, 0.2) is 11.3 Å². The Labute approximate surface area is 228 Å². The molecule has 1 fully saturated rings. The summed E-state index contributed by atoms with van der Waals surface area (Å²) in [6.45, 7) is 10.5. The Morgan fingerprint density at radius 1 is 1.15 bits per heavy atom. The molecule has 0 aliphatic carbocycles. The molecule has 0 bridgehead atoms. The molecule has 1 aliphatic heterocycles. The van der Waals surface area contributed by atoms with Gasteiger partial charge in [-0.2, -0.15) is 4.98 Å². The maximum absolute atomic E-state index is 11.8. The van der Waals surface area contributed by atoms with Crippen LogP contribution in [-0.2, 0) is 11.3 Å². The SMILES string of the molecule is [C-]#[N+]c1ccc(-c2nc(OC[C@@H]3CCCN(C)C3)n3ccnc3c2-c2ccc(CN(C)C(=O)OC)cc2)cc1. The molecule has 0 unspecified atom stereocenters. The van der Waals surface area contributed by atoms with Crippen LogP contribution in [-0.4, -0.2) is 71.2 Å². The van der Waals surface area contributed by atoms with E-state index in [2.05, 4.69) is 16.8 Å². The van der Waals surface area contributed by atoms with Gasteiger partial charge >= 0.3 is 12.1 Å². The molecule has 1 atom stereocenters. The van der Waals surface area contributed by atoms with Gasteiger partial charge in [0.05, 0.1) is 31.5 Å². The second-order valence-corrected chi connectivity index (χ2v) is 10.0. The second-order valence-electron chi connectivity index (χ2n) is 10.0. The summed E-state index contributed by atoms with van der Waals surface area (Å²) in [5, 5.41) is 0. The van der Waals surface area contributed by atoms with E-state index in [1.165, 1.54) is 18.4 Å². The number of hydrogen-bond donors (Lipinski definition) is 0. The van der Waals surface area contributed by atoms with E-state index in [1.807, 2.05) is 47.0 Å². The van der Waals surface area contributed by atoms with Crippen LogP contribution < -0.4 is 4.74 Å². The number of aromatic nitrogens is 3. The number of amides is 1. The number of carbonyl (C=O) groups excluding carboxylic acids is 1. The van der Waals surface area contributed by atoms with Crippen molar-refractivity contribution in [3.63, 3.8) is 0 Å². The van der Waals surface area contributed by atoms with Gasteiger partial charge in [-0.1, -0.05) is 48.5 Å². The molecule has 5 rings (SSSR count). The van der Waals surface area contributed by atoms with E-state index in [0.717, 1.165) is 53.1 Å². The molecule has 2 aromatic heterocycles. The summed E-state index contributed by atoms with van der Waals surface area (Å²) in [6, 6.07) is 15.9. The zero-order valence-electron chi connectivity index (χ0n) is 22.5. The fourth-order valence-corrected chi connectivity index (χ4v) is 5.10. The van der Waals surface area contributed by atoms with Crippen molar-refractivity contribution in [3.05, 3.63) is 77.9 Å². The first kappa shape index (κ1) is 26.2. The summed E-state index contributed by atoms with van der Waals surface area (Å²) in [6.07, 6.45) is 5.55. The van der Waals surface area contributed by atoms with Crippen LogP contribution in [0.5, 0.6) is 6.01 Å². The van der Waals surface area contributed by atoms with Crippen molar-refractivity contribution in [2.75, 3.05) is 40.9 Å². The Morgan fingerprint density at radius 3 is 2.59 bits per heavy atom. The molecule has 0 spiro atoms. The van der Waals surface area contributed by atoms with Crippen LogP contribution in [0.1, 0.15) is 18.4 Å². The van der Waals surface area contributed by atoms with Gasteiger partial charge < -0.3 is 19.3 Å². The van der Waals surface area contributed by atoms with Crippen molar-refractivity contribution < 1.29 is 14.3 Å². The molecule has 3 heterocycles. The number of imidazole rings is 1. The van der Waals surface area contributed by atoms with E-state index in [0.29, 0.717) is 30.8 Å². The first-order valence-corrected chi connectivity index (χ1v) is 13.0. The number of hydrogen-bond acceptors (Lipinski definition) is 6. The predicted molar refractivity (Wildman–Crippen MR) is 150 cm³/mol. The summed E-state index contributed by atoms with van der Waals surface area (Å²) >= 11 is 0. The molecular formula is C30H32N6O3. The Bertz CT molecular complexity index is 1490. The summed E-state index contributed by atoms with van der Waals surface area (Å²) in [5.74, 6) is 0.445. The van der Waals surface area contributed by atoms with Gasteiger partial charge in [-0.05, 0) is 43.1 Å². The zero-order chi connectivity index (χ0) is 27.4. The van der Waals surface area contributed by atoms with E-state index < -0.39 is 0 Å². The number of fused-ring (bicyclic) bond motifs is 1. The van der Waals surface area contributed by atoms with Crippen LogP contribution in [0.15, 0.2) is 60.9 Å². The van der Waals surface area contributed by atoms with Crippen LogP contribution in [0.4, 0.5) is 10.5 Å². The molecule has 1 amide bonds. The molecule has 200 valence electrons. The van der Waals surface area contributed by atoms with Gasteiger partial charge in [0.25, 0.3) is 0 Å². The van der Waals surface area contributed by atoms with Crippen molar-refractivity contribution in [3.8, 4) is 28.4 Å². The number of likely N-dealkylation sites (tertiary alicyclic amines) is 1. The molecule has 9 nitrogen and oxygen atoms in total. The molecule has 4 aromatic rings. The average molecular weight is 525 g/mol. The highest BCUT2D eigenvalue weighted by Crippen LogP contribution is 2.37. The number of methoxy groups -OCH3 is 1. The summed E-state index contributed by atoms with van der Waals surface area (Å²) in [5.41, 5.74) is 5.70. The quantitative estimate of drug-likeness (QED) is 0.296. The van der Waals surface area contributed by atoms with Crippen LogP contribution in [0, 0.1) is 12.5 Å². The lowest BCUT2D eigenvalue weighted by atomic mass is 9.98. The number of carbonyl (C=O) groups is 1. The minimum Gasteiger partial charge on any atom is -0.464 e. The normalized spacial score (nSPS) is 15.6. The van der Waals surface area contributed by atoms with E-state index >= 15 is 0 Å². The van der Waals surface area contributed by atoms with Gasteiger partial charge in [0.1, 0.15) is 0 Å². The summed E-state index contributed by atoms with van der Waals surface area (Å²) in [7, 11) is 5.22. The highest BCUT2D eigenvalue weighted by Gasteiger charge is 2.22. The van der Waals surface area contributed by atoms with Crippen molar-refractivity contribution in [1.29, 1.82) is 0 Å². The largest absolute Gasteiger partial charge is 0.464 e. The van der Waals surface area contributed by atoms with E-state index in [4.69, 9.17) is 26.0 Å². The Balaban J connectivity index is 1.54. The third kappa shape index (κ3) is 5.71. The molecule has 0 radical (unpaired) electrons. The van der Waals surface area contributed by atoms with Gasteiger partial charge in [-0.15, -0.1) is 0 Å². The van der Waals surface area contributed by atoms with Crippen LogP contribution >= 0.6 is 0 Å². The Morgan fingerprint density at radius 2 is 1.90 bits per heavy atom. The first-order chi connectivity index (χ1) is 19.0. The maximum atomic E-state index is 11.8. The third-order valence-corrected chi connectivity index (χ3v) is 7.10. The Hall–Kier alpha value is -4.42. The lowest BCUT2D eigenvalue weighted by Gasteiger charge is -2.29. The van der Waals surface area contributed by atoms with E-state index in [1.54, 1.807) is 25.4 Å². The molecule has 1 saturated heterocycles. The highest BCUT2D eigenvalue weighted by atomic mass is 16.5. The fraction of sp³-hybridized carbons (Fsp3) is 0.333. The Kier molecular flexibility index (Phi) is 7.75. The number of rotatable bonds is 7. The van der Waals surface area contributed by atoms with Gasteiger partial charge in [-0.25, -0.2) is 14.6 Å². The third-order valence-electron chi connectivity index (χ3n) is 7.10. The fourth-order valence-electron chi connectivity index (χ4n) is 5.10. The van der Waals surface area contributed by atoms with Gasteiger partial charge in [0.2, 0.25) is 0 Å². The van der Waals surface area contributed by atoms with Crippen molar-refractivity contribution >= 4 is 17.4 Å². The number of benzene rings is 2. The molecule has 0 N–H and O–H groups in total. The average Bonchev–Trinajstić information content (AvgIpc) is 3.46. The molecule has 1 aliphatic rings. The molecular weight excluding hydrogens is 492 g/mol. The van der Waals surface area contributed by atoms with Crippen LogP contribution in [0.25, 0.3) is 32.9 Å². The standard InChI is InChI=1S/C30H32N6O3/c1-31-25-13-11-24(12-14-25)27-26(23-9-7-21(8-10-23)19-35(3)30(37)38-4)28-32-15-17-36(28)29(33-27)39-20-22-6-5-16-34(2)18-22/h7-15,17,22H,5-6,16,18-20H2,2-4H3/t22-/m1/s1. The van der Waals surface area contributed by atoms with Gasteiger partial charge in [0, 0.05) is 38.4 Å². The number of piperidine rings is 1. The van der Waals surface area contributed by atoms with E-state index in [-0.39, 0.29) is 6.09 Å². The number of nitrogens with zero attached hydrogens (tertiary/aromatic N) is 6. The minimum atomic E-state index is -0.386. The minimum absolute atomic E-state index is 0.386. The summed E-state index contributed by atoms with van der Waals surface area (Å²) < 4.78 is 13.1. The monoisotopic (exact) mass is 524 g/mol. The zero-order valence-corrected chi connectivity index (χ0v) is 22.5. The van der Waals surface area contributed by atoms with Crippen LogP contribution in [0.2, 0.25) is 0 Å². The molecule has 0 saturated carbocycles. The van der Waals surface area contributed by atoms with Crippen LogP contribution in [0.3, 0.4) is 0 Å². The smallest absolute Gasteiger partial charge is 0.409 e. The van der Waals surface area contributed by atoms with Crippen molar-refractivity contribution in [1.82, 2.24) is 24.2 Å². The van der Waals surface area contributed by atoms with E-state index in [9.17, 15) is 4.79 Å². The lowest BCUT2D eigenvalue weighted by molar-refractivity contribution is 0.131. The first-order valence-electron chi connectivity index (χ1n) is 13.0. The maximum Gasteiger partial charge on any atom is 0.409 e. The topological polar surface area (TPSA) is 76.6 Å². The van der Waals surface area contributed by atoms with Crippen molar-refractivity contribution in [2.24, 2.45) is 5.92 Å². The molecule has 39 heavy (non-hydrogen) atoms. The highest BCUT2D eigenvalue weighted by molar-refractivity contribution is 5.90. The lowest BCUT2D eigenvalue weighted by Crippen LogP contribution is -2.35. The molecule has 2 aromatic carbocycles. The molecule has 9 heteroatoms. The summed E-state index contributed by atoms with van der Waals surface area (Å²) in [4.78, 5) is 28.9.